The van der Waals surface area contributed by atoms with Crippen molar-refractivity contribution in [2.45, 2.75) is 13.5 Å². The number of halogens is 1. The lowest BCUT2D eigenvalue weighted by Crippen LogP contribution is -2.23. The molecule has 2 N–H and O–H groups in total. The molecule has 0 aliphatic carbocycles. The summed E-state index contributed by atoms with van der Waals surface area (Å²) in [5, 5.41) is 9.10. The van der Waals surface area contributed by atoms with Crippen LogP contribution < -0.4 is 15.4 Å². The Labute approximate surface area is 161 Å². The van der Waals surface area contributed by atoms with Crippen LogP contribution in [-0.2, 0) is 6.54 Å². The van der Waals surface area contributed by atoms with E-state index >= 15 is 0 Å². The van der Waals surface area contributed by atoms with Gasteiger partial charge in [0.2, 0.25) is 0 Å². The van der Waals surface area contributed by atoms with Gasteiger partial charge in [-0.1, -0.05) is 23.7 Å². The van der Waals surface area contributed by atoms with E-state index in [4.69, 9.17) is 16.3 Å². The lowest BCUT2D eigenvalue weighted by molar-refractivity contribution is 0.0946. The van der Waals surface area contributed by atoms with Gasteiger partial charge in [0, 0.05) is 22.6 Å². The number of carbonyl (C=O) groups excluding carboxylic acids is 1. The summed E-state index contributed by atoms with van der Waals surface area (Å²) < 4.78 is 5.42. The van der Waals surface area contributed by atoms with Gasteiger partial charge in [-0.3, -0.25) is 4.79 Å². The fourth-order valence-corrected chi connectivity index (χ4v) is 3.07. The topological polar surface area (TPSA) is 63.2 Å². The molecule has 5 nitrogen and oxygen atoms in total. The molecule has 0 saturated carbocycles. The Bertz CT molecular complexity index is 863. The quantitative estimate of drug-likeness (QED) is 0.607. The van der Waals surface area contributed by atoms with Gasteiger partial charge in [0.15, 0.2) is 5.13 Å². The number of hydrogen-bond donors (Lipinski definition) is 2. The smallest absolute Gasteiger partial charge is 0.271 e. The average molecular weight is 388 g/mol. The summed E-state index contributed by atoms with van der Waals surface area (Å²) in [5.41, 5.74) is 2.25. The third-order valence-electron chi connectivity index (χ3n) is 3.52. The maximum Gasteiger partial charge on any atom is 0.271 e. The van der Waals surface area contributed by atoms with Gasteiger partial charge in [0.1, 0.15) is 11.4 Å². The van der Waals surface area contributed by atoms with Crippen LogP contribution in [0.5, 0.6) is 5.75 Å². The zero-order valence-electron chi connectivity index (χ0n) is 14.2. The summed E-state index contributed by atoms with van der Waals surface area (Å²) in [4.78, 5) is 16.6. The fourth-order valence-electron chi connectivity index (χ4n) is 2.24. The first kappa shape index (κ1) is 18.2. The van der Waals surface area contributed by atoms with Crippen molar-refractivity contribution in [2.75, 3.05) is 11.9 Å². The Balaban J connectivity index is 1.56. The number of carbonyl (C=O) groups is 1. The number of nitrogens with one attached hydrogen (secondary N) is 2. The molecule has 0 aliphatic heterocycles. The van der Waals surface area contributed by atoms with Crippen molar-refractivity contribution in [1.82, 2.24) is 10.3 Å². The second-order valence-electron chi connectivity index (χ2n) is 5.43. The predicted molar refractivity (Wildman–Crippen MR) is 106 cm³/mol. The molecule has 0 radical (unpaired) electrons. The van der Waals surface area contributed by atoms with Gasteiger partial charge in [-0.2, -0.15) is 0 Å². The van der Waals surface area contributed by atoms with Crippen molar-refractivity contribution < 1.29 is 9.53 Å². The number of aromatic nitrogens is 1. The predicted octanol–water partition coefficient (Wildman–Crippen LogP) is 4.87. The minimum absolute atomic E-state index is 0.212. The molecule has 0 fully saturated rings. The molecule has 0 unspecified atom stereocenters. The summed E-state index contributed by atoms with van der Waals surface area (Å²) in [6.07, 6.45) is 0. The van der Waals surface area contributed by atoms with E-state index in [2.05, 4.69) is 15.6 Å². The van der Waals surface area contributed by atoms with E-state index in [1.165, 1.54) is 11.3 Å². The zero-order chi connectivity index (χ0) is 18.4. The Morgan fingerprint density at radius 2 is 1.88 bits per heavy atom. The molecular weight excluding hydrogens is 370 g/mol. The van der Waals surface area contributed by atoms with Gasteiger partial charge in [-0.05, 0) is 48.9 Å². The minimum atomic E-state index is -0.212. The van der Waals surface area contributed by atoms with Crippen LogP contribution in [0.4, 0.5) is 10.8 Å². The van der Waals surface area contributed by atoms with Crippen LogP contribution >= 0.6 is 22.9 Å². The maximum absolute atomic E-state index is 12.2. The second kappa shape index (κ2) is 8.69. The molecule has 0 aliphatic rings. The molecule has 1 amide bonds. The first-order valence-electron chi connectivity index (χ1n) is 8.12. The lowest BCUT2D eigenvalue weighted by atomic mass is 10.2. The molecule has 1 aromatic heterocycles. The first-order chi connectivity index (χ1) is 12.6. The Morgan fingerprint density at radius 3 is 2.58 bits per heavy atom. The number of ether oxygens (including phenoxy) is 1. The van der Waals surface area contributed by atoms with Gasteiger partial charge in [-0.15, -0.1) is 11.3 Å². The van der Waals surface area contributed by atoms with Gasteiger partial charge in [0.05, 0.1) is 6.61 Å². The highest BCUT2D eigenvalue weighted by Crippen LogP contribution is 2.23. The van der Waals surface area contributed by atoms with Crippen LogP contribution in [0.15, 0.2) is 53.9 Å². The number of rotatable bonds is 7. The molecule has 0 bridgehead atoms. The van der Waals surface area contributed by atoms with Crippen molar-refractivity contribution in [2.24, 2.45) is 0 Å². The molecular formula is C19H18ClN3O2S. The molecule has 0 saturated heterocycles. The van der Waals surface area contributed by atoms with Crippen LogP contribution in [0, 0.1) is 0 Å². The van der Waals surface area contributed by atoms with E-state index in [0.29, 0.717) is 29.0 Å². The van der Waals surface area contributed by atoms with E-state index in [-0.39, 0.29) is 5.91 Å². The van der Waals surface area contributed by atoms with E-state index in [1.807, 2.05) is 43.3 Å². The maximum atomic E-state index is 12.2. The van der Waals surface area contributed by atoms with Gasteiger partial charge in [0.25, 0.3) is 5.91 Å². The van der Waals surface area contributed by atoms with E-state index < -0.39 is 0 Å². The highest BCUT2D eigenvalue weighted by molar-refractivity contribution is 7.14. The molecule has 3 rings (SSSR count). The van der Waals surface area contributed by atoms with Gasteiger partial charge < -0.3 is 15.4 Å². The average Bonchev–Trinajstić information content (AvgIpc) is 3.11. The SMILES string of the molecule is CCOc1ccc(Nc2nc(C(=O)NCc3ccc(Cl)cc3)cs2)cc1. The summed E-state index contributed by atoms with van der Waals surface area (Å²) in [5.74, 6) is 0.607. The van der Waals surface area contributed by atoms with Crippen LogP contribution in [0.3, 0.4) is 0 Å². The van der Waals surface area contributed by atoms with Crippen LogP contribution in [0.25, 0.3) is 0 Å². The normalized spacial score (nSPS) is 10.4. The molecule has 26 heavy (non-hydrogen) atoms. The molecule has 134 valence electrons. The van der Waals surface area contributed by atoms with Crippen molar-refractivity contribution in [3.05, 3.63) is 70.2 Å². The Morgan fingerprint density at radius 1 is 1.15 bits per heavy atom. The zero-order valence-corrected chi connectivity index (χ0v) is 15.7. The van der Waals surface area contributed by atoms with Crippen molar-refractivity contribution >= 4 is 39.7 Å². The minimum Gasteiger partial charge on any atom is -0.494 e. The summed E-state index contributed by atoms with van der Waals surface area (Å²) in [7, 11) is 0. The van der Waals surface area contributed by atoms with Gasteiger partial charge in [-0.25, -0.2) is 4.98 Å². The first-order valence-corrected chi connectivity index (χ1v) is 9.38. The number of hydrogen-bond acceptors (Lipinski definition) is 5. The standard InChI is InChI=1S/C19H18ClN3O2S/c1-2-25-16-9-7-15(8-10-16)22-19-23-17(12-26-19)18(24)21-11-13-3-5-14(20)6-4-13/h3-10,12H,2,11H2,1H3,(H,21,24)(H,22,23). The number of thiazole rings is 1. The molecule has 0 spiro atoms. The molecule has 1 heterocycles. The largest absolute Gasteiger partial charge is 0.494 e. The van der Waals surface area contributed by atoms with Crippen molar-refractivity contribution in [3.8, 4) is 5.75 Å². The number of anilines is 2. The number of amides is 1. The summed E-state index contributed by atoms with van der Waals surface area (Å²) in [6.45, 7) is 3.00. The fraction of sp³-hybridized carbons (Fsp3) is 0.158. The highest BCUT2D eigenvalue weighted by atomic mass is 35.5. The Kier molecular flexibility index (Phi) is 6.09. The van der Waals surface area contributed by atoms with Crippen LogP contribution in [0.2, 0.25) is 5.02 Å². The monoisotopic (exact) mass is 387 g/mol. The van der Waals surface area contributed by atoms with Gasteiger partial charge >= 0.3 is 0 Å². The summed E-state index contributed by atoms with van der Waals surface area (Å²) >= 11 is 7.23. The molecule has 2 aromatic carbocycles. The summed E-state index contributed by atoms with van der Waals surface area (Å²) in [6, 6.07) is 14.9. The van der Waals surface area contributed by atoms with Crippen LogP contribution in [-0.4, -0.2) is 17.5 Å². The van der Waals surface area contributed by atoms with E-state index in [1.54, 1.807) is 17.5 Å². The molecule has 7 heteroatoms. The van der Waals surface area contributed by atoms with E-state index in [9.17, 15) is 4.79 Å². The van der Waals surface area contributed by atoms with Crippen molar-refractivity contribution in [1.29, 1.82) is 0 Å². The number of benzene rings is 2. The third kappa shape index (κ3) is 4.97. The highest BCUT2D eigenvalue weighted by Gasteiger charge is 2.10. The van der Waals surface area contributed by atoms with E-state index in [0.717, 1.165) is 17.0 Å². The number of nitrogens with zero attached hydrogens (tertiary/aromatic N) is 1. The third-order valence-corrected chi connectivity index (χ3v) is 4.53. The molecule has 0 atom stereocenters. The lowest BCUT2D eigenvalue weighted by Gasteiger charge is -2.05. The molecule has 3 aromatic rings. The van der Waals surface area contributed by atoms with Crippen LogP contribution in [0.1, 0.15) is 23.0 Å². The second-order valence-corrected chi connectivity index (χ2v) is 6.72. The van der Waals surface area contributed by atoms with Crippen molar-refractivity contribution in [3.63, 3.8) is 0 Å². The Hall–Kier alpha value is -2.57.